The minimum atomic E-state index is -0.596. The van der Waals surface area contributed by atoms with Crippen LogP contribution in [0.5, 0.6) is 0 Å². The van der Waals surface area contributed by atoms with E-state index in [1.165, 1.54) is 0 Å². The topological polar surface area (TPSA) is 44.1 Å². The minimum absolute atomic E-state index is 0.143. The average Bonchev–Trinajstić information content (AvgIpc) is 2.76. The number of carbonyl (C=O) groups is 1. The first-order chi connectivity index (χ1) is 9.53. The molecule has 0 amide bonds. The lowest BCUT2D eigenvalue weighted by atomic mass is 9.77. The molecule has 104 valence electrons. The number of carbonyl (C=O) groups excluding carboxylic acids is 1. The van der Waals surface area contributed by atoms with Gasteiger partial charge in [0.15, 0.2) is 5.60 Å². The van der Waals surface area contributed by atoms with Gasteiger partial charge in [0.25, 0.3) is 0 Å². The Labute approximate surface area is 118 Å². The van der Waals surface area contributed by atoms with E-state index in [2.05, 4.69) is 5.10 Å². The summed E-state index contributed by atoms with van der Waals surface area (Å²) in [6.07, 6.45) is 0. The number of cyclic esters (lactones) is 1. The van der Waals surface area contributed by atoms with Crippen LogP contribution in [0.15, 0.2) is 36.4 Å². The van der Waals surface area contributed by atoms with Crippen LogP contribution in [-0.4, -0.2) is 15.7 Å². The van der Waals surface area contributed by atoms with E-state index in [1.54, 1.807) is 0 Å². The van der Waals surface area contributed by atoms with Crippen molar-refractivity contribution in [1.29, 1.82) is 0 Å². The molecule has 3 rings (SSSR count). The van der Waals surface area contributed by atoms with E-state index in [0.29, 0.717) is 6.54 Å². The standard InChI is InChI=1S/C16H18N2O2/c1-11-9-12(2)18(17-11)10-16(13(3)15(19)20-16)14-7-5-4-6-8-14/h4-9,13H,10H2,1-3H3/t13-,16-/m1/s1. The van der Waals surface area contributed by atoms with Gasteiger partial charge in [-0.2, -0.15) is 5.10 Å². The van der Waals surface area contributed by atoms with E-state index in [-0.39, 0.29) is 11.9 Å². The molecule has 2 heterocycles. The summed E-state index contributed by atoms with van der Waals surface area (Å²) in [5.41, 5.74) is 2.48. The summed E-state index contributed by atoms with van der Waals surface area (Å²) < 4.78 is 7.52. The number of rotatable bonds is 3. The monoisotopic (exact) mass is 270 g/mol. The number of ether oxygens (including phenoxy) is 1. The van der Waals surface area contributed by atoms with Crippen molar-refractivity contribution in [2.24, 2.45) is 5.92 Å². The van der Waals surface area contributed by atoms with E-state index in [0.717, 1.165) is 17.0 Å². The average molecular weight is 270 g/mol. The summed E-state index contributed by atoms with van der Waals surface area (Å²) in [5, 5.41) is 4.49. The molecular formula is C16H18N2O2. The maximum atomic E-state index is 11.6. The first-order valence-electron chi connectivity index (χ1n) is 6.82. The predicted molar refractivity (Wildman–Crippen MR) is 75.1 cm³/mol. The SMILES string of the molecule is Cc1cc(C)n(C[C@@]2(c3ccccc3)OC(=O)[C@H]2C)n1. The molecule has 0 bridgehead atoms. The highest BCUT2D eigenvalue weighted by Crippen LogP contribution is 2.44. The smallest absolute Gasteiger partial charge is 0.314 e. The third kappa shape index (κ3) is 1.83. The molecule has 1 aromatic heterocycles. The second-order valence-electron chi connectivity index (χ2n) is 5.48. The second kappa shape index (κ2) is 4.47. The summed E-state index contributed by atoms with van der Waals surface area (Å²) in [6, 6.07) is 12.0. The summed E-state index contributed by atoms with van der Waals surface area (Å²) in [5.74, 6) is -0.302. The molecule has 4 heteroatoms. The molecule has 20 heavy (non-hydrogen) atoms. The van der Waals surface area contributed by atoms with Crippen molar-refractivity contribution in [3.8, 4) is 0 Å². The van der Waals surface area contributed by atoms with Gasteiger partial charge in [0.1, 0.15) is 5.92 Å². The minimum Gasteiger partial charge on any atom is -0.451 e. The molecule has 0 unspecified atom stereocenters. The number of esters is 1. The van der Waals surface area contributed by atoms with E-state index in [1.807, 2.05) is 61.9 Å². The molecule has 1 aromatic carbocycles. The number of aromatic nitrogens is 2. The van der Waals surface area contributed by atoms with Crippen molar-refractivity contribution in [1.82, 2.24) is 9.78 Å². The number of hydrogen-bond donors (Lipinski definition) is 0. The lowest BCUT2D eigenvalue weighted by Gasteiger charge is -2.46. The maximum Gasteiger partial charge on any atom is 0.314 e. The van der Waals surface area contributed by atoms with E-state index >= 15 is 0 Å². The first kappa shape index (κ1) is 12.9. The molecule has 1 fully saturated rings. The Morgan fingerprint density at radius 3 is 2.50 bits per heavy atom. The Balaban J connectivity index is 2.00. The normalized spacial score (nSPS) is 25.1. The fraction of sp³-hybridized carbons (Fsp3) is 0.375. The number of hydrogen-bond acceptors (Lipinski definition) is 3. The van der Waals surface area contributed by atoms with Crippen LogP contribution in [0.1, 0.15) is 23.9 Å². The quantitative estimate of drug-likeness (QED) is 0.805. The zero-order chi connectivity index (χ0) is 14.3. The predicted octanol–water partition coefficient (Wildman–Crippen LogP) is 2.59. The number of benzene rings is 1. The van der Waals surface area contributed by atoms with Crippen molar-refractivity contribution < 1.29 is 9.53 Å². The van der Waals surface area contributed by atoms with Crippen LogP contribution in [0.2, 0.25) is 0 Å². The van der Waals surface area contributed by atoms with E-state index in [9.17, 15) is 4.79 Å². The van der Waals surface area contributed by atoms with Gasteiger partial charge in [-0.1, -0.05) is 30.3 Å². The van der Waals surface area contributed by atoms with Crippen molar-refractivity contribution in [2.45, 2.75) is 32.9 Å². The van der Waals surface area contributed by atoms with Crippen LogP contribution in [-0.2, 0) is 21.7 Å². The van der Waals surface area contributed by atoms with E-state index < -0.39 is 5.60 Å². The summed E-state index contributed by atoms with van der Waals surface area (Å²) >= 11 is 0. The van der Waals surface area contributed by atoms with Gasteiger partial charge in [-0.05, 0) is 32.4 Å². The van der Waals surface area contributed by atoms with Gasteiger partial charge in [-0.15, -0.1) is 0 Å². The molecular weight excluding hydrogens is 252 g/mol. The van der Waals surface area contributed by atoms with Crippen LogP contribution < -0.4 is 0 Å². The molecule has 1 aliphatic heterocycles. The molecule has 0 N–H and O–H groups in total. The molecule has 0 aliphatic carbocycles. The molecule has 1 aliphatic rings. The van der Waals surface area contributed by atoms with Crippen LogP contribution in [0, 0.1) is 19.8 Å². The maximum absolute atomic E-state index is 11.6. The highest BCUT2D eigenvalue weighted by atomic mass is 16.6. The first-order valence-corrected chi connectivity index (χ1v) is 6.82. The largest absolute Gasteiger partial charge is 0.451 e. The van der Waals surface area contributed by atoms with Gasteiger partial charge in [0, 0.05) is 5.69 Å². The Morgan fingerprint density at radius 1 is 1.30 bits per heavy atom. The van der Waals surface area contributed by atoms with Crippen molar-refractivity contribution in [3.05, 3.63) is 53.3 Å². The Morgan fingerprint density at radius 2 is 2.00 bits per heavy atom. The van der Waals surface area contributed by atoms with Gasteiger partial charge in [-0.25, -0.2) is 0 Å². The van der Waals surface area contributed by atoms with Gasteiger partial charge >= 0.3 is 5.97 Å². The third-order valence-electron chi connectivity index (χ3n) is 4.09. The van der Waals surface area contributed by atoms with Gasteiger partial charge in [-0.3, -0.25) is 9.48 Å². The third-order valence-corrected chi connectivity index (χ3v) is 4.09. The second-order valence-corrected chi connectivity index (χ2v) is 5.48. The van der Waals surface area contributed by atoms with Crippen LogP contribution in [0.4, 0.5) is 0 Å². The summed E-state index contributed by atoms with van der Waals surface area (Å²) in [6.45, 7) is 6.47. The molecule has 0 radical (unpaired) electrons. The molecule has 4 nitrogen and oxygen atoms in total. The zero-order valence-corrected chi connectivity index (χ0v) is 12.0. The molecule has 1 saturated heterocycles. The molecule has 0 saturated carbocycles. The number of aryl methyl sites for hydroxylation is 2. The fourth-order valence-electron chi connectivity index (χ4n) is 2.84. The van der Waals surface area contributed by atoms with Crippen molar-refractivity contribution in [3.63, 3.8) is 0 Å². The Hall–Kier alpha value is -2.10. The fourth-order valence-corrected chi connectivity index (χ4v) is 2.84. The Kier molecular flexibility index (Phi) is 2.89. The van der Waals surface area contributed by atoms with Crippen molar-refractivity contribution >= 4 is 5.97 Å². The highest BCUT2D eigenvalue weighted by Gasteiger charge is 2.55. The van der Waals surface area contributed by atoms with Gasteiger partial charge < -0.3 is 4.74 Å². The lowest BCUT2D eigenvalue weighted by Crippen LogP contribution is -2.56. The molecule has 2 atom stereocenters. The van der Waals surface area contributed by atoms with Gasteiger partial charge in [0.05, 0.1) is 12.2 Å². The van der Waals surface area contributed by atoms with Gasteiger partial charge in [0.2, 0.25) is 0 Å². The lowest BCUT2D eigenvalue weighted by molar-refractivity contribution is -0.218. The van der Waals surface area contributed by atoms with Crippen molar-refractivity contribution in [2.75, 3.05) is 0 Å². The molecule has 0 spiro atoms. The summed E-state index contributed by atoms with van der Waals surface area (Å²) in [4.78, 5) is 11.6. The summed E-state index contributed by atoms with van der Waals surface area (Å²) in [7, 11) is 0. The zero-order valence-electron chi connectivity index (χ0n) is 12.0. The van der Waals surface area contributed by atoms with Crippen LogP contribution in [0.25, 0.3) is 0 Å². The highest BCUT2D eigenvalue weighted by molar-refractivity contribution is 5.80. The Bertz CT molecular complexity index is 648. The van der Waals surface area contributed by atoms with E-state index in [4.69, 9.17) is 4.74 Å². The van der Waals surface area contributed by atoms with Crippen LogP contribution in [0.3, 0.4) is 0 Å². The van der Waals surface area contributed by atoms with Crippen LogP contribution >= 0.6 is 0 Å². The number of nitrogens with zero attached hydrogens (tertiary/aromatic N) is 2. The molecule has 2 aromatic rings.